The van der Waals surface area contributed by atoms with Crippen LogP contribution in [0.1, 0.15) is 11.1 Å². The van der Waals surface area contributed by atoms with Crippen molar-refractivity contribution in [3.8, 4) is 5.75 Å². The van der Waals surface area contributed by atoms with E-state index in [4.69, 9.17) is 4.74 Å². The van der Waals surface area contributed by atoms with E-state index in [-0.39, 0.29) is 37.3 Å². The van der Waals surface area contributed by atoms with Crippen LogP contribution >= 0.6 is 0 Å². The monoisotopic (exact) mass is 446 g/mol. The number of carbonyl (C=O) groups excluding carboxylic acids is 2. The van der Waals surface area contributed by atoms with Gasteiger partial charge in [0.05, 0.1) is 0 Å². The Bertz CT molecular complexity index is 1040. The number of nitrogens with one attached hydrogen (secondary N) is 1. The first kappa shape index (κ1) is 23.7. The minimum absolute atomic E-state index is 0.135. The Morgan fingerprint density at radius 1 is 0.939 bits per heavy atom. The fraction of sp³-hybridized carbons (Fsp3) is 0.185. The van der Waals surface area contributed by atoms with E-state index >= 15 is 0 Å². The number of rotatable bonds is 11. The molecule has 0 spiro atoms. The first-order valence-corrected chi connectivity index (χ1v) is 10.7. The van der Waals surface area contributed by atoms with Crippen molar-refractivity contribution < 1.29 is 18.7 Å². The summed E-state index contributed by atoms with van der Waals surface area (Å²) in [5.74, 6) is -0.455. The van der Waals surface area contributed by atoms with E-state index in [1.165, 1.54) is 17.0 Å². The molecule has 0 saturated heterocycles. The van der Waals surface area contributed by atoms with Crippen molar-refractivity contribution in [2.45, 2.75) is 19.0 Å². The van der Waals surface area contributed by atoms with Crippen LogP contribution in [-0.2, 0) is 22.6 Å². The molecule has 0 aliphatic carbocycles. The molecule has 170 valence electrons. The van der Waals surface area contributed by atoms with E-state index < -0.39 is 6.04 Å². The highest BCUT2D eigenvalue weighted by atomic mass is 19.1. The highest BCUT2D eigenvalue weighted by molar-refractivity contribution is 5.88. The average molecular weight is 447 g/mol. The van der Waals surface area contributed by atoms with Crippen LogP contribution in [0.3, 0.4) is 0 Å². The number of hydrogen-bond donors (Lipinski definition) is 1. The van der Waals surface area contributed by atoms with Gasteiger partial charge in [0.1, 0.15) is 17.6 Å². The normalized spacial score (nSPS) is 11.3. The summed E-state index contributed by atoms with van der Waals surface area (Å²) in [4.78, 5) is 27.9. The maximum atomic E-state index is 13.4. The fourth-order valence-electron chi connectivity index (χ4n) is 3.38. The number of ether oxygens (including phenoxy) is 1. The molecule has 5 nitrogen and oxygen atoms in total. The highest BCUT2D eigenvalue weighted by Gasteiger charge is 2.30. The summed E-state index contributed by atoms with van der Waals surface area (Å²) in [6.07, 6.45) is 1.91. The van der Waals surface area contributed by atoms with E-state index in [1.807, 2.05) is 48.5 Å². The van der Waals surface area contributed by atoms with Crippen LogP contribution in [0.4, 0.5) is 4.39 Å². The van der Waals surface area contributed by atoms with E-state index in [9.17, 15) is 14.0 Å². The Morgan fingerprint density at radius 3 is 2.21 bits per heavy atom. The molecular weight excluding hydrogens is 419 g/mol. The van der Waals surface area contributed by atoms with Gasteiger partial charge in [-0.25, -0.2) is 4.39 Å². The smallest absolute Gasteiger partial charge is 0.261 e. The number of benzene rings is 3. The molecule has 3 rings (SSSR count). The van der Waals surface area contributed by atoms with E-state index in [2.05, 4.69) is 11.9 Å². The first-order chi connectivity index (χ1) is 16.1. The van der Waals surface area contributed by atoms with Crippen LogP contribution in [0.5, 0.6) is 5.75 Å². The standard InChI is InChI=1S/C27H27FN2O3/c1-2-17-29-27(32)25(18-21-9-5-3-6-10-21)30(19-22-13-15-23(28)16-14-22)26(31)20-33-24-11-7-4-8-12-24/h2-16,25H,1,17-20H2,(H,29,32). The van der Waals surface area contributed by atoms with Gasteiger partial charge in [0.2, 0.25) is 5.91 Å². The summed E-state index contributed by atoms with van der Waals surface area (Å²) in [5.41, 5.74) is 1.62. The first-order valence-electron chi connectivity index (χ1n) is 10.7. The van der Waals surface area contributed by atoms with Crippen LogP contribution in [0.2, 0.25) is 0 Å². The zero-order valence-corrected chi connectivity index (χ0v) is 18.3. The van der Waals surface area contributed by atoms with Gasteiger partial charge in [-0.05, 0) is 35.4 Å². The molecule has 6 heteroatoms. The topological polar surface area (TPSA) is 58.6 Å². The number of carbonyl (C=O) groups is 2. The number of amides is 2. The average Bonchev–Trinajstić information content (AvgIpc) is 2.85. The third-order valence-corrected chi connectivity index (χ3v) is 5.06. The molecular formula is C27H27FN2O3. The second-order valence-electron chi connectivity index (χ2n) is 7.49. The minimum Gasteiger partial charge on any atom is -0.484 e. The van der Waals surface area contributed by atoms with Crippen molar-refractivity contribution in [3.63, 3.8) is 0 Å². The van der Waals surface area contributed by atoms with Crippen LogP contribution < -0.4 is 10.1 Å². The second-order valence-corrected chi connectivity index (χ2v) is 7.49. The molecule has 3 aromatic rings. The molecule has 0 fully saturated rings. The molecule has 0 bridgehead atoms. The SMILES string of the molecule is C=CCNC(=O)C(Cc1ccccc1)N(Cc1ccc(F)cc1)C(=O)COc1ccccc1. The summed E-state index contributed by atoms with van der Waals surface area (Å²) in [5, 5.41) is 2.81. The summed E-state index contributed by atoms with van der Waals surface area (Å²) >= 11 is 0. The Hall–Kier alpha value is -3.93. The Morgan fingerprint density at radius 2 is 1.58 bits per heavy atom. The van der Waals surface area contributed by atoms with E-state index in [1.54, 1.807) is 30.3 Å². The van der Waals surface area contributed by atoms with Gasteiger partial charge >= 0.3 is 0 Å². The predicted octanol–water partition coefficient (Wildman–Crippen LogP) is 4.15. The van der Waals surface area contributed by atoms with Crippen molar-refractivity contribution in [2.24, 2.45) is 0 Å². The number of halogens is 1. The third-order valence-electron chi connectivity index (χ3n) is 5.06. The van der Waals surface area contributed by atoms with Crippen LogP contribution in [0, 0.1) is 5.82 Å². The molecule has 0 aromatic heterocycles. The lowest BCUT2D eigenvalue weighted by molar-refractivity contribution is -0.142. The van der Waals surface area contributed by atoms with Gasteiger partial charge in [-0.1, -0.05) is 66.7 Å². The zero-order chi connectivity index (χ0) is 23.5. The quantitative estimate of drug-likeness (QED) is 0.450. The molecule has 0 aliphatic heterocycles. The van der Waals surface area contributed by atoms with Crippen LogP contribution in [0.25, 0.3) is 0 Å². The Balaban J connectivity index is 1.88. The largest absolute Gasteiger partial charge is 0.484 e. The fourth-order valence-corrected chi connectivity index (χ4v) is 3.38. The van der Waals surface area contributed by atoms with Gasteiger partial charge in [0, 0.05) is 19.5 Å². The summed E-state index contributed by atoms with van der Waals surface area (Å²) in [6, 6.07) is 23.6. The minimum atomic E-state index is -0.788. The zero-order valence-electron chi connectivity index (χ0n) is 18.3. The maximum absolute atomic E-state index is 13.4. The van der Waals surface area contributed by atoms with Gasteiger partial charge in [0.15, 0.2) is 6.61 Å². The lowest BCUT2D eigenvalue weighted by atomic mass is 10.0. The van der Waals surface area contributed by atoms with Crippen molar-refractivity contribution in [1.29, 1.82) is 0 Å². The molecule has 0 aliphatic rings. The van der Waals surface area contributed by atoms with Crippen molar-refractivity contribution in [2.75, 3.05) is 13.2 Å². The second kappa shape index (κ2) is 12.2. The Labute approximate surface area is 193 Å². The molecule has 0 heterocycles. The molecule has 3 aromatic carbocycles. The molecule has 0 radical (unpaired) electrons. The van der Waals surface area contributed by atoms with Crippen molar-refractivity contribution in [1.82, 2.24) is 10.2 Å². The molecule has 0 saturated carbocycles. The molecule has 33 heavy (non-hydrogen) atoms. The van der Waals surface area contributed by atoms with Gasteiger partial charge in [-0.2, -0.15) is 0 Å². The highest BCUT2D eigenvalue weighted by Crippen LogP contribution is 2.16. The summed E-state index contributed by atoms with van der Waals surface area (Å²) in [6.45, 7) is 3.83. The van der Waals surface area contributed by atoms with Crippen LogP contribution in [-0.4, -0.2) is 35.9 Å². The van der Waals surface area contributed by atoms with Crippen molar-refractivity contribution >= 4 is 11.8 Å². The molecule has 1 unspecified atom stereocenters. The van der Waals surface area contributed by atoms with E-state index in [0.717, 1.165) is 5.56 Å². The summed E-state index contributed by atoms with van der Waals surface area (Å²) < 4.78 is 19.1. The number of nitrogens with zero attached hydrogens (tertiary/aromatic N) is 1. The molecule has 2 amide bonds. The third kappa shape index (κ3) is 7.31. The summed E-state index contributed by atoms with van der Waals surface area (Å²) in [7, 11) is 0. The molecule has 1 atom stereocenters. The van der Waals surface area contributed by atoms with Crippen LogP contribution in [0.15, 0.2) is 97.6 Å². The predicted molar refractivity (Wildman–Crippen MR) is 126 cm³/mol. The lowest BCUT2D eigenvalue weighted by Gasteiger charge is -2.31. The number of para-hydroxylation sites is 1. The van der Waals surface area contributed by atoms with Gasteiger partial charge in [-0.3, -0.25) is 9.59 Å². The van der Waals surface area contributed by atoms with Gasteiger partial charge < -0.3 is 15.0 Å². The number of hydrogen-bond acceptors (Lipinski definition) is 3. The van der Waals surface area contributed by atoms with Crippen molar-refractivity contribution in [3.05, 3.63) is 115 Å². The van der Waals surface area contributed by atoms with Gasteiger partial charge in [0.25, 0.3) is 5.91 Å². The maximum Gasteiger partial charge on any atom is 0.261 e. The lowest BCUT2D eigenvalue weighted by Crippen LogP contribution is -2.51. The molecule has 1 N–H and O–H groups in total. The van der Waals surface area contributed by atoms with E-state index in [0.29, 0.717) is 17.7 Å². The van der Waals surface area contributed by atoms with Gasteiger partial charge in [-0.15, -0.1) is 6.58 Å². The Kier molecular flexibility index (Phi) is 8.77.